The SMILES string of the molecule is CC.Cc1cccc(=O)n1C. The summed E-state index contributed by atoms with van der Waals surface area (Å²) in [6.45, 7) is 5.90. The van der Waals surface area contributed by atoms with Crippen LogP contribution in [0.25, 0.3) is 0 Å². The van der Waals surface area contributed by atoms with E-state index in [1.54, 1.807) is 23.7 Å². The summed E-state index contributed by atoms with van der Waals surface area (Å²) in [4.78, 5) is 10.8. The summed E-state index contributed by atoms with van der Waals surface area (Å²) in [6.07, 6.45) is 0. The van der Waals surface area contributed by atoms with Gasteiger partial charge in [-0.25, -0.2) is 0 Å². The van der Waals surface area contributed by atoms with Gasteiger partial charge in [-0.05, 0) is 13.0 Å². The zero-order valence-corrected chi connectivity index (χ0v) is 7.59. The van der Waals surface area contributed by atoms with E-state index in [9.17, 15) is 4.79 Å². The summed E-state index contributed by atoms with van der Waals surface area (Å²) in [5, 5.41) is 0. The highest BCUT2D eigenvalue weighted by Gasteiger charge is 1.88. The molecule has 62 valence electrons. The highest BCUT2D eigenvalue weighted by atomic mass is 16.1. The average molecular weight is 153 g/mol. The Morgan fingerprint density at radius 2 is 1.82 bits per heavy atom. The molecule has 2 nitrogen and oxygen atoms in total. The van der Waals surface area contributed by atoms with Crippen LogP contribution in [0.3, 0.4) is 0 Å². The molecule has 1 aromatic heterocycles. The lowest BCUT2D eigenvalue weighted by Crippen LogP contribution is -2.16. The average Bonchev–Trinajstić information content (AvgIpc) is 2.04. The molecule has 1 heterocycles. The number of hydrogen-bond acceptors (Lipinski definition) is 1. The van der Waals surface area contributed by atoms with Crippen LogP contribution in [0, 0.1) is 6.92 Å². The number of nitrogens with zero attached hydrogens (tertiary/aromatic N) is 1. The van der Waals surface area contributed by atoms with Crippen LogP contribution in [0.4, 0.5) is 0 Å². The summed E-state index contributed by atoms with van der Waals surface area (Å²) >= 11 is 0. The van der Waals surface area contributed by atoms with Gasteiger partial charge in [-0.1, -0.05) is 19.9 Å². The van der Waals surface area contributed by atoms with E-state index in [0.717, 1.165) is 5.69 Å². The monoisotopic (exact) mass is 153 g/mol. The van der Waals surface area contributed by atoms with Crippen molar-refractivity contribution < 1.29 is 0 Å². The number of aromatic nitrogens is 1. The van der Waals surface area contributed by atoms with Gasteiger partial charge in [-0.15, -0.1) is 0 Å². The van der Waals surface area contributed by atoms with Crippen molar-refractivity contribution in [2.75, 3.05) is 0 Å². The zero-order valence-electron chi connectivity index (χ0n) is 7.59. The first-order valence-corrected chi connectivity index (χ1v) is 3.84. The van der Waals surface area contributed by atoms with E-state index in [0.29, 0.717) is 0 Å². The van der Waals surface area contributed by atoms with E-state index >= 15 is 0 Å². The van der Waals surface area contributed by atoms with Crippen molar-refractivity contribution >= 4 is 0 Å². The molecule has 0 atom stereocenters. The minimum Gasteiger partial charge on any atom is -0.316 e. The molecule has 1 aromatic rings. The molecule has 0 fully saturated rings. The van der Waals surface area contributed by atoms with Gasteiger partial charge in [0.2, 0.25) is 5.56 Å². The molecular formula is C9H15NO. The summed E-state index contributed by atoms with van der Waals surface area (Å²) < 4.78 is 1.61. The highest BCUT2D eigenvalue weighted by Crippen LogP contribution is 1.87. The Bertz CT molecular complexity index is 263. The fraction of sp³-hybridized carbons (Fsp3) is 0.444. The van der Waals surface area contributed by atoms with Gasteiger partial charge in [-0.3, -0.25) is 4.79 Å². The van der Waals surface area contributed by atoms with Gasteiger partial charge in [0.15, 0.2) is 0 Å². The van der Waals surface area contributed by atoms with Gasteiger partial charge in [0.1, 0.15) is 0 Å². The molecule has 0 amide bonds. The van der Waals surface area contributed by atoms with Crippen LogP contribution in [0.1, 0.15) is 19.5 Å². The predicted octanol–water partition coefficient (Wildman–Crippen LogP) is 1.72. The Balaban J connectivity index is 0.000000461. The van der Waals surface area contributed by atoms with Crippen LogP contribution < -0.4 is 5.56 Å². The summed E-state index contributed by atoms with van der Waals surface area (Å²) in [5.74, 6) is 0. The molecule has 1 rings (SSSR count). The minimum atomic E-state index is 0.0509. The molecule has 0 aromatic carbocycles. The Morgan fingerprint density at radius 1 is 1.27 bits per heavy atom. The number of rotatable bonds is 0. The molecule has 0 aliphatic heterocycles. The molecule has 0 aliphatic rings. The Labute approximate surface area is 67.5 Å². The molecule has 0 spiro atoms. The third-order valence-electron chi connectivity index (χ3n) is 1.44. The van der Waals surface area contributed by atoms with E-state index in [-0.39, 0.29) is 5.56 Å². The Morgan fingerprint density at radius 3 is 2.18 bits per heavy atom. The summed E-state index contributed by atoms with van der Waals surface area (Å²) in [5.41, 5.74) is 1.04. The second-order valence-corrected chi connectivity index (χ2v) is 2.06. The van der Waals surface area contributed by atoms with Gasteiger partial charge >= 0.3 is 0 Å². The number of hydrogen-bond donors (Lipinski definition) is 0. The fourth-order valence-electron chi connectivity index (χ4n) is 0.667. The van der Waals surface area contributed by atoms with E-state index in [4.69, 9.17) is 0 Å². The normalized spacial score (nSPS) is 8.36. The van der Waals surface area contributed by atoms with Gasteiger partial charge < -0.3 is 4.57 Å². The van der Waals surface area contributed by atoms with Crippen LogP contribution in [-0.4, -0.2) is 4.57 Å². The van der Waals surface area contributed by atoms with Crippen LogP contribution >= 0.6 is 0 Å². The first kappa shape index (κ1) is 9.95. The van der Waals surface area contributed by atoms with Crippen molar-refractivity contribution in [3.8, 4) is 0 Å². The maximum Gasteiger partial charge on any atom is 0.250 e. The summed E-state index contributed by atoms with van der Waals surface area (Å²) in [7, 11) is 1.76. The molecule has 2 heteroatoms. The lowest BCUT2D eigenvalue weighted by Gasteiger charge is -1.98. The van der Waals surface area contributed by atoms with Crippen molar-refractivity contribution in [1.82, 2.24) is 4.57 Å². The van der Waals surface area contributed by atoms with Crippen molar-refractivity contribution in [3.05, 3.63) is 34.2 Å². The van der Waals surface area contributed by atoms with Crippen molar-refractivity contribution in [1.29, 1.82) is 0 Å². The molecule has 0 saturated heterocycles. The van der Waals surface area contributed by atoms with E-state index in [2.05, 4.69) is 0 Å². The van der Waals surface area contributed by atoms with E-state index in [1.807, 2.05) is 26.8 Å². The predicted molar refractivity (Wildman–Crippen MR) is 47.8 cm³/mol. The van der Waals surface area contributed by atoms with Crippen LogP contribution in [0.2, 0.25) is 0 Å². The maximum atomic E-state index is 10.8. The third-order valence-corrected chi connectivity index (χ3v) is 1.44. The standard InChI is InChI=1S/C7H9NO.C2H6/c1-6-4-3-5-7(9)8(6)2;1-2/h3-5H,1-2H3;1-2H3. The van der Waals surface area contributed by atoms with Gasteiger partial charge in [0.05, 0.1) is 0 Å². The summed E-state index contributed by atoms with van der Waals surface area (Å²) in [6, 6.07) is 5.21. The molecule has 0 radical (unpaired) electrons. The number of aryl methyl sites for hydroxylation is 1. The van der Waals surface area contributed by atoms with Crippen molar-refractivity contribution in [3.63, 3.8) is 0 Å². The molecule has 0 saturated carbocycles. The van der Waals surface area contributed by atoms with Crippen LogP contribution in [0.5, 0.6) is 0 Å². The molecular weight excluding hydrogens is 138 g/mol. The zero-order chi connectivity index (χ0) is 8.85. The smallest absolute Gasteiger partial charge is 0.250 e. The maximum absolute atomic E-state index is 10.8. The van der Waals surface area contributed by atoms with Gasteiger partial charge in [-0.2, -0.15) is 0 Å². The van der Waals surface area contributed by atoms with E-state index in [1.165, 1.54) is 0 Å². The minimum absolute atomic E-state index is 0.0509. The van der Waals surface area contributed by atoms with Crippen molar-refractivity contribution in [2.24, 2.45) is 7.05 Å². The lowest BCUT2D eigenvalue weighted by atomic mass is 10.4. The first-order valence-electron chi connectivity index (χ1n) is 3.84. The molecule has 0 bridgehead atoms. The first-order chi connectivity index (χ1) is 5.22. The Kier molecular flexibility index (Phi) is 4.27. The second-order valence-electron chi connectivity index (χ2n) is 2.06. The van der Waals surface area contributed by atoms with Gasteiger partial charge in [0, 0.05) is 18.8 Å². The third kappa shape index (κ3) is 2.58. The lowest BCUT2D eigenvalue weighted by molar-refractivity contribution is 0.818. The molecule has 0 aliphatic carbocycles. The molecule has 0 N–H and O–H groups in total. The topological polar surface area (TPSA) is 22.0 Å². The van der Waals surface area contributed by atoms with E-state index < -0.39 is 0 Å². The largest absolute Gasteiger partial charge is 0.316 e. The van der Waals surface area contributed by atoms with Crippen molar-refractivity contribution in [2.45, 2.75) is 20.8 Å². The second kappa shape index (κ2) is 4.72. The quantitative estimate of drug-likeness (QED) is 0.556. The van der Waals surface area contributed by atoms with Gasteiger partial charge in [0.25, 0.3) is 0 Å². The van der Waals surface area contributed by atoms with Crippen LogP contribution in [-0.2, 0) is 7.05 Å². The fourth-order valence-corrected chi connectivity index (χ4v) is 0.667. The Hall–Kier alpha value is -1.05. The molecule has 11 heavy (non-hydrogen) atoms. The van der Waals surface area contributed by atoms with Crippen LogP contribution in [0.15, 0.2) is 23.0 Å². The highest BCUT2D eigenvalue weighted by molar-refractivity contribution is 5.03. The molecule has 0 unspecified atom stereocenters. The number of pyridine rings is 1.